The third-order valence-electron chi connectivity index (χ3n) is 22.9. The lowest BCUT2D eigenvalue weighted by Crippen LogP contribution is -2.66. The van der Waals surface area contributed by atoms with E-state index in [9.17, 15) is 61.0 Å². The van der Waals surface area contributed by atoms with Crippen LogP contribution in [0.5, 0.6) is 0 Å². The first-order valence-corrected chi connectivity index (χ1v) is 45.7. The maximum atomic E-state index is 13.5. The normalized spacial score (nSPS) is 25.4. The second kappa shape index (κ2) is 70.2. The summed E-state index contributed by atoms with van der Waals surface area (Å²) in [6.45, 7) is 1.78. The highest BCUT2D eigenvalue weighted by atomic mass is 16.8. The molecule has 0 aromatic rings. The van der Waals surface area contributed by atoms with E-state index in [1.165, 1.54) is 321 Å². The lowest BCUT2D eigenvalue weighted by molar-refractivity contribution is -0.379. The molecular weight excluding hydrogens is 1380 g/mol. The smallest absolute Gasteiger partial charge is 0.220 e. The molecular formula is C90H169NO18. The topological polar surface area (TPSA) is 307 Å². The van der Waals surface area contributed by atoms with Crippen molar-refractivity contribution in [2.24, 2.45) is 0 Å². The van der Waals surface area contributed by atoms with Crippen molar-refractivity contribution >= 4 is 5.91 Å². The van der Waals surface area contributed by atoms with E-state index in [0.29, 0.717) is 12.8 Å². The molecule has 0 aliphatic carbocycles. The van der Waals surface area contributed by atoms with Gasteiger partial charge in [-0.05, 0) is 44.9 Å². The molecule has 17 atom stereocenters. The molecule has 642 valence electrons. The number of ether oxygens (including phenoxy) is 6. The molecule has 0 saturated carbocycles. The monoisotopic (exact) mass is 1550 g/mol. The van der Waals surface area contributed by atoms with Crippen LogP contribution >= 0.6 is 0 Å². The Bertz CT molecular complexity index is 2100. The predicted molar refractivity (Wildman–Crippen MR) is 439 cm³/mol. The van der Waals surface area contributed by atoms with Crippen molar-refractivity contribution in [2.75, 3.05) is 26.4 Å². The van der Waals surface area contributed by atoms with Crippen molar-refractivity contribution in [1.29, 1.82) is 0 Å². The number of rotatable bonds is 75. The Morgan fingerprint density at radius 2 is 0.587 bits per heavy atom. The third-order valence-corrected chi connectivity index (χ3v) is 22.9. The van der Waals surface area contributed by atoms with Crippen LogP contribution in [0.4, 0.5) is 0 Å². The summed E-state index contributed by atoms with van der Waals surface area (Å²) in [4.78, 5) is 13.5. The van der Waals surface area contributed by atoms with Gasteiger partial charge in [-0.3, -0.25) is 4.79 Å². The largest absolute Gasteiger partial charge is 0.394 e. The Hall–Kier alpha value is -1.99. The van der Waals surface area contributed by atoms with Crippen molar-refractivity contribution in [3.8, 4) is 0 Å². The van der Waals surface area contributed by atoms with Gasteiger partial charge in [-0.1, -0.05) is 384 Å². The summed E-state index contributed by atoms with van der Waals surface area (Å²) in [6.07, 6.45) is 63.2. The summed E-state index contributed by atoms with van der Waals surface area (Å²) < 4.78 is 34.5. The first kappa shape index (κ1) is 101. The Labute approximate surface area is 663 Å². The van der Waals surface area contributed by atoms with Gasteiger partial charge < -0.3 is 89.9 Å². The zero-order valence-corrected chi connectivity index (χ0v) is 69.3. The number of carbonyl (C=O) groups is 1. The van der Waals surface area contributed by atoms with Crippen molar-refractivity contribution < 1.29 is 89.4 Å². The maximum absolute atomic E-state index is 13.5. The van der Waals surface area contributed by atoms with Crippen molar-refractivity contribution in [2.45, 2.75) is 503 Å². The molecule has 3 heterocycles. The molecule has 3 rings (SSSR count). The molecule has 0 radical (unpaired) electrons. The molecule has 109 heavy (non-hydrogen) atoms. The molecule has 19 heteroatoms. The Morgan fingerprint density at radius 1 is 0.321 bits per heavy atom. The van der Waals surface area contributed by atoms with Crippen molar-refractivity contribution in [3.05, 3.63) is 36.5 Å². The summed E-state index contributed by atoms with van der Waals surface area (Å²) in [5.74, 6) is -0.281. The number of nitrogens with one attached hydrogen (secondary N) is 1. The highest BCUT2D eigenvalue weighted by Crippen LogP contribution is 2.34. The number of amides is 1. The van der Waals surface area contributed by atoms with E-state index in [-0.39, 0.29) is 18.9 Å². The summed E-state index contributed by atoms with van der Waals surface area (Å²) >= 11 is 0. The summed E-state index contributed by atoms with van der Waals surface area (Å²) in [6, 6.07) is -0.997. The Balaban J connectivity index is 1.32. The van der Waals surface area contributed by atoms with Crippen LogP contribution in [0.25, 0.3) is 0 Å². The van der Waals surface area contributed by atoms with E-state index in [0.717, 1.165) is 44.9 Å². The minimum atomic E-state index is -1.98. The molecule has 3 saturated heterocycles. The second-order valence-corrected chi connectivity index (χ2v) is 32.8. The SMILES string of the molecule is CCCCCCCCCCCCCCCCCCC/C=C/CC/C=C/CC/C=C/C(O)C(COC1OC(CO)C(OC2OC(CO)C(OC3OC(CO)C(O)C(O)C3O)C(O)C2O)C(O)C1O)NC(=O)CCCCCCCCCCCCCCCCCCCCCCCCCCCCCCCCCCCCCCC. The maximum Gasteiger partial charge on any atom is 0.220 e. The number of aliphatic hydroxyl groups is 11. The van der Waals surface area contributed by atoms with E-state index >= 15 is 0 Å². The van der Waals surface area contributed by atoms with Gasteiger partial charge >= 0.3 is 0 Å². The van der Waals surface area contributed by atoms with Gasteiger partial charge in [0.1, 0.15) is 73.2 Å². The van der Waals surface area contributed by atoms with Crippen LogP contribution in [0.3, 0.4) is 0 Å². The third kappa shape index (κ3) is 49.0. The minimum Gasteiger partial charge on any atom is -0.394 e. The number of allylic oxidation sites excluding steroid dienone is 5. The van der Waals surface area contributed by atoms with E-state index in [2.05, 4.69) is 43.5 Å². The molecule has 0 spiro atoms. The summed E-state index contributed by atoms with van der Waals surface area (Å²) in [7, 11) is 0. The van der Waals surface area contributed by atoms with Crippen molar-refractivity contribution in [3.63, 3.8) is 0 Å². The molecule has 3 fully saturated rings. The van der Waals surface area contributed by atoms with E-state index < -0.39 is 124 Å². The molecule has 3 aliphatic heterocycles. The Kier molecular flexibility index (Phi) is 65.2. The zero-order valence-electron chi connectivity index (χ0n) is 69.3. The van der Waals surface area contributed by atoms with Crippen LogP contribution in [0.2, 0.25) is 0 Å². The standard InChI is InChI=1S/C90H169NO18/c1-3-5-7-9-11-13-15-17-19-21-23-25-27-29-31-32-33-34-35-36-37-38-39-40-42-44-46-48-50-52-54-56-58-60-62-64-66-68-78(96)91-73(74(95)67-65-63-61-59-57-55-53-51-49-47-45-43-41-30-28-26-24-22-20-18-16-14-12-10-8-6-4-2)72-104-88-84(102)81(99)86(76(70-93)106-88)109-90-85(103)82(100)87(77(71-94)107-90)108-89-83(101)80(98)79(97)75(69-92)105-89/h49,51,57,59,65,67,73-77,79-90,92-95,97-103H,3-48,50,52-56,58,60-64,66,68-72H2,1-2H3,(H,91,96)/b51-49+,59-57+,67-65+. The highest BCUT2D eigenvalue weighted by molar-refractivity contribution is 5.76. The first-order chi connectivity index (χ1) is 53.3. The van der Waals surface area contributed by atoms with Gasteiger partial charge in [-0.15, -0.1) is 0 Å². The fourth-order valence-electron chi connectivity index (χ4n) is 15.6. The van der Waals surface area contributed by atoms with E-state index in [4.69, 9.17) is 28.4 Å². The van der Waals surface area contributed by atoms with Crippen LogP contribution in [-0.4, -0.2) is 193 Å². The summed E-state index contributed by atoms with van der Waals surface area (Å²) in [5.41, 5.74) is 0. The number of hydrogen-bond donors (Lipinski definition) is 12. The van der Waals surface area contributed by atoms with Gasteiger partial charge in [-0.25, -0.2) is 0 Å². The van der Waals surface area contributed by atoms with Crippen LogP contribution in [0.15, 0.2) is 36.5 Å². The lowest BCUT2D eigenvalue weighted by atomic mass is 9.96. The lowest BCUT2D eigenvalue weighted by Gasteiger charge is -2.48. The molecule has 19 nitrogen and oxygen atoms in total. The Morgan fingerprint density at radius 3 is 0.917 bits per heavy atom. The predicted octanol–water partition coefficient (Wildman–Crippen LogP) is 17.4. The number of aliphatic hydroxyl groups excluding tert-OH is 11. The highest BCUT2D eigenvalue weighted by Gasteiger charge is 2.54. The number of hydrogen-bond acceptors (Lipinski definition) is 18. The first-order valence-electron chi connectivity index (χ1n) is 45.7. The van der Waals surface area contributed by atoms with Gasteiger partial charge in [0.05, 0.1) is 38.6 Å². The zero-order chi connectivity index (χ0) is 78.8. The number of carbonyl (C=O) groups excluding carboxylic acids is 1. The van der Waals surface area contributed by atoms with Gasteiger partial charge in [0, 0.05) is 6.42 Å². The van der Waals surface area contributed by atoms with Gasteiger partial charge in [0.15, 0.2) is 18.9 Å². The van der Waals surface area contributed by atoms with Gasteiger partial charge in [-0.2, -0.15) is 0 Å². The van der Waals surface area contributed by atoms with Crippen LogP contribution in [-0.2, 0) is 33.2 Å². The summed E-state index contributed by atoms with van der Waals surface area (Å²) in [5, 5.41) is 121. The van der Waals surface area contributed by atoms with Crippen LogP contribution < -0.4 is 5.32 Å². The van der Waals surface area contributed by atoms with Gasteiger partial charge in [0.25, 0.3) is 0 Å². The molecule has 12 N–H and O–H groups in total. The molecule has 1 amide bonds. The molecule has 0 aromatic carbocycles. The number of unbranched alkanes of at least 4 members (excludes halogenated alkanes) is 55. The van der Waals surface area contributed by atoms with Crippen LogP contribution in [0.1, 0.15) is 399 Å². The molecule has 3 aliphatic rings. The average molecular weight is 1550 g/mol. The fourth-order valence-corrected chi connectivity index (χ4v) is 15.6. The molecule has 17 unspecified atom stereocenters. The van der Waals surface area contributed by atoms with Gasteiger partial charge in [0.2, 0.25) is 5.91 Å². The molecule has 0 aromatic heterocycles. The van der Waals surface area contributed by atoms with E-state index in [1.54, 1.807) is 6.08 Å². The van der Waals surface area contributed by atoms with Crippen LogP contribution in [0, 0.1) is 0 Å². The average Bonchev–Trinajstić information content (AvgIpc) is 0.766. The van der Waals surface area contributed by atoms with E-state index in [1.807, 2.05) is 6.08 Å². The fraction of sp³-hybridized carbons (Fsp3) is 0.922. The molecule has 0 bridgehead atoms. The second-order valence-electron chi connectivity index (χ2n) is 32.8. The van der Waals surface area contributed by atoms with Crippen molar-refractivity contribution in [1.82, 2.24) is 5.32 Å². The quantitative estimate of drug-likeness (QED) is 0.0199. The minimum absolute atomic E-state index is 0.237.